The van der Waals surface area contributed by atoms with Gasteiger partial charge >= 0.3 is 5.69 Å². The van der Waals surface area contributed by atoms with Gasteiger partial charge in [0.25, 0.3) is 5.56 Å². The zero-order chi connectivity index (χ0) is 24.8. The third-order valence-electron chi connectivity index (χ3n) is 5.91. The minimum absolute atomic E-state index is 0.247. The van der Waals surface area contributed by atoms with E-state index < -0.39 is 6.61 Å². The zero-order valence-corrected chi connectivity index (χ0v) is 19.6. The molecule has 35 heavy (non-hydrogen) atoms. The normalized spacial score (nSPS) is 11.0. The Morgan fingerprint density at radius 2 is 1.57 bits per heavy atom. The van der Waals surface area contributed by atoms with Crippen molar-refractivity contribution in [2.24, 2.45) is 0 Å². The summed E-state index contributed by atoms with van der Waals surface area (Å²) in [5, 5.41) is 9.53. The number of aliphatic hydroxyl groups is 1. The molecular formula is C28H28N2O5. The quantitative estimate of drug-likeness (QED) is 0.357. The van der Waals surface area contributed by atoms with E-state index in [0.29, 0.717) is 29.5 Å². The fourth-order valence-corrected chi connectivity index (χ4v) is 4.00. The van der Waals surface area contributed by atoms with Gasteiger partial charge in [0, 0.05) is 12.1 Å². The molecule has 0 unspecified atom stereocenters. The Morgan fingerprint density at radius 3 is 2.26 bits per heavy atom. The number of rotatable bonds is 10. The van der Waals surface area contributed by atoms with E-state index in [2.05, 4.69) is 6.92 Å². The van der Waals surface area contributed by atoms with E-state index in [9.17, 15) is 14.4 Å². The zero-order valence-electron chi connectivity index (χ0n) is 19.6. The summed E-state index contributed by atoms with van der Waals surface area (Å²) in [6.45, 7) is 2.66. The van der Waals surface area contributed by atoms with E-state index in [1.54, 1.807) is 53.1 Å². The number of hydrogen-bond donors (Lipinski definition) is 1. The first-order valence-electron chi connectivity index (χ1n) is 11.7. The molecular weight excluding hydrogens is 444 g/mol. The highest BCUT2D eigenvalue weighted by Gasteiger charge is 2.14. The van der Waals surface area contributed by atoms with E-state index >= 15 is 0 Å². The van der Waals surface area contributed by atoms with Crippen molar-refractivity contribution in [2.45, 2.75) is 32.9 Å². The highest BCUT2D eigenvalue weighted by atomic mass is 16.5. The lowest BCUT2D eigenvalue weighted by Crippen LogP contribution is -2.40. The number of aryl methyl sites for hydroxylation is 1. The fourth-order valence-electron chi connectivity index (χ4n) is 4.00. The largest absolute Gasteiger partial charge is 0.494 e. The molecule has 1 heterocycles. The maximum atomic E-state index is 13.4. The number of carbonyl (C=O) groups excluding carboxylic acids is 1. The van der Waals surface area contributed by atoms with Gasteiger partial charge in [0.05, 0.1) is 24.1 Å². The van der Waals surface area contributed by atoms with Crippen molar-refractivity contribution in [2.75, 3.05) is 13.2 Å². The number of ether oxygens (including phenoxy) is 1. The van der Waals surface area contributed by atoms with Crippen LogP contribution in [0, 0.1) is 0 Å². The molecule has 0 saturated carbocycles. The Balaban J connectivity index is 1.64. The summed E-state index contributed by atoms with van der Waals surface area (Å²) in [5.74, 6) is 0.435. The highest BCUT2D eigenvalue weighted by molar-refractivity contribution is 5.96. The molecule has 7 nitrogen and oxygen atoms in total. The van der Waals surface area contributed by atoms with Gasteiger partial charge in [-0.05, 0) is 48.2 Å². The first-order chi connectivity index (χ1) is 17.0. The summed E-state index contributed by atoms with van der Waals surface area (Å²) in [7, 11) is 0. The van der Waals surface area contributed by atoms with Gasteiger partial charge < -0.3 is 9.84 Å². The lowest BCUT2D eigenvalue weighted by Gasteiger charge is -2.15. The van der Waals surface area contributed by atoms with Crippen molar-refractivity contribution in [3.63, 3.8) is 0 Å². The molecule has 0 aliphatic heterocycles. The summed E-state index contributed by atoms with van der Waals surface area (Å²) < 4.78 is 8.49. The van der Waals surface area contributed by atoms with Crippen LogP contribution in [0.5, 0.6) is 5.75 Å². The average Bonchev–Trinajstić information content (AvgIpc) is 2.90. The van der Waals surface area contributed by atoms with Crippen LogP contribution >= 0.6 is 0 Å². The first-order valence-corrected chi connectivity index (χ1v) is 11.7. The molecule has 4 aromatic rings. The van der Waals surface area contributed by atoms with Crippen molar-refractivity contribution >= 4 is 16.7 Å². The van der Waals surface area contributed by atoms with Crippen molar-refractivity contribution in [1.82, 2.24) is 9.13 Å². The van der Waals surface area contributed by atoms with Crippen LogP contribution < -0.4 is 16.0 Å². The number of carbonyl (C=O) groups is 1. The van der Waals surface area contributed by atoms with Crippen LogP contribution in [0.15, 0.2) is 82.4 Å². The van der Waals surface area contributed by atoms with E-state index in [1.165, 1.54) is 4.57 Å². The molecule has 0 aliphatic rings. The average molecular weight is 473 g/mol. The minimum atomic E-state index is -0.553. The number of para-hydroxylation sites is 1. The summed E-state index contributed by atoms with van der Waals surface area (Å²) in [4.78, 5) is 38.3. The lowest BCUT2D eigenvalue weighted by molar-refractivity contribution is 0.0903. The summed E-state index contributed by atoms with van der Waals surface area (Å²) in [6, 6.07) is 21.5. The van der Waals surface area contributed by atoms with Crippen LogP contribution in [0.1, 0.15) is 34.8 Å². The molecule has 180 valence electrons. The number of benzene rings is 3. The number of fused-ring (bicyclic) bond motifs is 1. The molecule has 0 atom stereocenters. The van der Waals surface area contributed by atoms with Gasteiger partial charge in [0.1, 0.15) is 12.4 Å². The Kier molecular flexibility index (Phi) is 7.57. The molecule has 1 N–H and O–H groups in total. The van der Waals surface area contributed by atoms with Gasteiger partial charge in [-0.1, -0.05) is 55.5 Å². The van der Waals surface area contributed by atoms with Crippen LogP contribution in [0.3, 0.4) is 0 Å². The second kappa shape index (κ2) is 11.0. The number of ketones is 1. The second-order valence-corrected chi connectivity index (χ2v) is 8.36. The van der Waals surface area contributed by atoms with Crippen molar-refractivity contribution in [3.05, 3.63) is 110 Å². The van der Waals surface area contributed by atoms with Gasteiger partial charge in [0.2, 0.25) is 0 Å². The van der Waals surface area contributed by atoms with E-state index in [1.807, 2.05) is 24.3 Å². The third kappa shape index (κ3) is 5.41. The second-order valence-electron chi connectivity index (χ2n) is 8.36. The molecule has 0 amide bonds. The molecule has 7 heteroatoms. The van der Waals surface area contributed by atoms with E-state index in [4.69, 9.17) is 9.84 Å². The molecule has 0 fully saturated rings. The monoisotopic (exact) mass is 472 g/mol. The topological polar surface area (TPSA) is 90.5 Å². The van der Waals surface area contributed by atoms with E-state index in [-0.39, 0.29) is 30.1 Å². The van der Waals surface area contributed by atoms with Gasteiger partial charge in [-0.2, -0.15) is 0 Å². The van der Waals surface area contributed by atoms with Crippen molar-refractivity contribution < 1.29 is 14.6 Å². The Morgan fingerprint density at radius 1 is 0.886 bits per heavy atom. The molecule has 0 spiro atoms. The van der Waals surface area contributed by atoms with Crippen LogP contribution in [0.25, 0.3) is 10.9 Å². The Labute approximate surface area is 202 Å². The number of nitrogens with zero attached hydrogens (tertiary/aromatic N) is 2. The Hall–Kier alpha value is -3.97. The summed E-state index contributed by atoms with van der Waals surface area (Å²) >= 11 is 0. The first kappa shape index (κ1) is 24.2. The third-order valence-corrected chi connectivity index (χ3v) is 5.91. The van der Waals surface area contributed by atoms with Crippen molar-refractivity contribution in [1.29, 1.82) is 0 Å². The molecule has 0 radical (unpaired) electrons. The highest BCUT2D eigenvalue weighted by Crippen LogP contribution is 2.14. The molecule has 0 saturated heterocycles. The number of aromatic nitrogens is 2. The maximum Gasteiger partial charge on any atom is 0.331 e. The molecule has 1 aromatic heterocycles. The smallest absolute Gasteiger partial charge is 0.331 e. The predicted molar refractivity (Wildman–Crippen MR) is 135 cm³/mol. The number of hydrogen-bond acceptors (Lipinski definition) is 5. The fraction of sp³-hybridized carbons (Fsp3) is 0.250. The van der Waals surface area contributed by atoms with Crippen molar-refractivity contribution in [3.8, 4) is 5.75 Å². The molecule has 0 aliphatic carbocycles. The summed E-state index contributed by atoms with van der Waals surface area (Å²) in [6.07, 6.45) is 1.46. The van der Waals surface area contributed by atoms with Gasteiger partial charge in [-0.15, -0.1) is 0 Å². The number of Topliss-reactive ketones (excluding diaryl/α,β-unsaturated/α-hetero) is 1. The Bertz CT molecular complexity index is 1430. The molecule has 0 bridgehead atoms. The molecule has 4 rings (SSSR count). The lowest BCUT2D eigenvalue weighted by atomic mass is 10.1. The van der Waals surface area contributed by atoms with Gasteiger partial charge in [-0.3, -0.25) is 18.7 Å². The van der Waals surface area contributed by atoms with E-state index in [0.717, 1.165) is 23.3 Å². The minimum Gasteiger partial charge on any atom is -0.494 e. The van der Waals surface area contributed by atoms with Gasteiger partial charge in [-0.25, -0.2) is 4.79 Å². The van der Waals surface area contributed by atoms with Crippen LogP contribution in [0.4, 0.5) is 0 Å². The van der Waals surface area contributed by atoms with Crippen LogP contribution in [-0.4, -0.2) is 33.2 Å². The molecule has 3 aromatic carbocycles. The van der Waals surface area contributed by atoms with Gasteiger partial charge in [0.15, 0.2) is 5.78 Å². The van der Waals surface area contributed by atoms with Crippen LogP contribution in [0.2, 0.25) is 0 Å². The summed E-state index contributed by atoms with van der Waals surface area (Å²) in [5.41, 5.74) is 2.08. The predicted octanol–water partition coefficient (Wildman–Crippen LogP) is 3.42. The number of aliphatic hydroxyl groups excluding tert-OH is 1. The maximum absolute atomic E-state index is 13.4. The SMILES string of the molecule is CCCOc1ccc(CCn2c(=O)c3ccccc3n(Cc3ccc(C(=O)CO)cc3)c2=O)cc1. The standard InChI is InChI=1S/C28H28N2O5/c1-2-17-35-23-13-9-20(10-14-23)15-16-29-27(33)24-5-3-4-6-25(24)30(28(29)34)18-21-7-11-22(12-8-21)26(32)19-31/h3-14,31H,2,15-19H2,1H3. The van der Waals surface area contributed by atoms with Crippen LogP contribution in [-0.2, 0) is 19.5 Å².